The minimum Gasteiger partial charge on any atom is -0.497 e. The molecule has 0 spiro atoms. The van der Waals surface area contributed by atoms with Crippen LogP contribution in [0.5, 0.6) is 5.75 Å². The van der Waals surface area contributed by atoms with Gasteiger partial charge in [0.2, 0.25) is 0 Å². The molecule has 0 aliphatic carbocycles. The summed E-state index contributed by atoms with van der Waals surface area (Å²) in [6.45, 7) is 2.88. The van der Waals surface area contributed by atoms with E-state index in [0.29, 0.717) is 30.1 Å². The molecular weight excluding hydrogens is 489 g/mol. The number of ether oxygens (including phenoxy) is 1. The number of methoxy groups -OCH3 is 1. The number of halogens is 1. The van der Waals surface area contributed by atoms with Gasteiger partial charge in [0.05, 0.1) is 12.6 Å². The number of aromatic nitrogens is 2. The number of pyridine rings is 2. The number of nitrogens with zero attached hydrogens (tertiary/aromatic N) is 3. The molecule has 198 valence electrons. The van der Waals surface area contributed by atoms with Crippen molar-refractivity contribution in [3.63, 3.8) is 0 Å². The first-order chi connectivity index (χ1) is 18.0. The molecule has 37 heavy (non-hydrogen) atoms. The monoisotopic (exact) mass is 525 g/mol. The van der Waals surface area contributed by atoms with Crippen molar-refractivity contribution in [3.8, 4) is 5.75 Å². The number of carboxylic acids is 1. The highest BCUT2D eigenvalue weighted by atomic mass is 32.2. The molecule has 0 bridgehead atoms. The fourth-order valence-electron chi connectivity index (χ4n) is 5.35. The molecule has 3 aromatic rings. The predicted molar refractivity (Wildman–Crippen MR) is 146 cm³/mol. The summed E-state index contributed by atoms with van der Waals surface area (Å²) in [5, 5.41) is 10.1. The van der Waals surface area contributed by atoms with Gasteiger partial charge in [-0.25, -0.2) is 4.39 Å². The molecule has 1 unspecified atom stereocenters. The first-order valence-corrected chi connectivity index (χ1v) is 14.1. The lowest BCUT2D eigenvalue weighted by atomic mass is 9.79. The number of hydrogen-bond acceptors (Lipinski definition) is 6. The van der Waals surface area contributed by atoms with Crippen molar-refractivity contribution in [2.45, 2.75) is 49.6 Å². The zero-order valence-corrected chi connectivity index (χ0v) is 22.2. The lowest BCUT2D eigenvalue weighted by molar-refractivity contribution is -0.137. The van der Waals surface area contributed by atoms with E-state index in [1.54, 1.807) is 19.4 Å². The van der Waals surface area contributed by atoms with Gasteiger partial charge in [0, 0.05) is 41.8 Å². The predicted octanol–water partition coefficient (Wildman–Crippen LogP) is 6.41. The van der Waals surface area contributed by atoms with Gasteiger partial charge in [0.15, 0.2) is 0 Å². The molecule has 0 saturated carbocycles. The third kappa shape index (κ3) is 7.89. The normalized spacial score (nSPS) is 19.1. The van der Waals surface area contributed by atoms with Gasteiger partial charge in [-0.2, -0.15) is 0 Å². The van der Waals surface area contributed by atoms with Gasteiger partial charge in [-0.1, -0.05) is 0 Å². The summed E-state index contributed by atoms with van der Waals surface area (Å²) in [6, 6.07) is 11.4. The second-order valence-electron chi connectivity index (χ2n) is 9.75. The van der Waals surface area contributed by atoms with Gasteiger partial charge in [-0.05, 0) is 105 Å². The van der Waals surface area contributed by atoms with Crippen molar-refractivity contribution in [2.75, 3.05) is 32.5 Å². The summed E-state index contributed by atoms with van der Waals surface area (Å²) in [5.74, 6) is 1.58. The van der Waals surface area contributed by atoms with Crippen molar-refractivity contribution in [2.24, 2.45) is 11.8 Å². The molecule has 1 saturated heterocycles. The smallest absolute Gasteiger partial charge is 0.303 e. The number of fused-ring (bicyclic) bond motifs is 1. The van der Waals surface area contributed by atoms with Crippen molar-refractivity contribution < 1.29 is 19.0 Å². The second kappa shape index (κ2) is 13.7. The van der Waals surface area contributed by atoms with Gasteiger partial charge >= 0.3 is 5.97 Å². The zero-order valence-electron chi connectivity index (χ0n) is 21.4. The largest absolute Gasteiger partial charge is 0.497 e. The maximum absolute atomic E-state index is 15.5. The molecule has 0 amide bonds. The molecule has 1 fully saturated rings. The minimum absolute atomic E-state index is 0.167. The zero-order chi connectivity index (χ0) is 26.0. The van der Waals surface area contributed by atoms with Gasteiger partial charge in [0.25, 0.3) is 0 Å². The Hall–Kier alpha value is -2.71. The maximum atomic E-state index is 15.5. The first-order valence-electron chi connectivity index (χ1n) is 13.1. The van der Waals surface area contributed by atoms with E-state index < -0.39 is 12.1 Å². The van der Waals surface area contributed by atoms with Crippen LogP contribution in [0.3, 0.4) is 0 Å². The van der Waals surface area contributed by atoms with Crippen LogP contribution in [0.4, 0.5) is 4.39 Å². The molecule has 2 aromatic heterocycles. The van der Waals surface area contributed by atoms with Crippen molar-refractivity contribution in [3.05, 3.63) is 60.6 Å². The highest BCUT2D eigenvalue weighted by molar-refractivity contribution is 7.99. The molecule has 4 rings (SSSR count). The summed E-state index contributed by atoms with van der Waals surface area (Å²) in [7, 11) is 1.60. The standard InChI is InChI=1S/C29H36FN3O3S/c1-36-23-5-7-28-26(19-23)25(11-15-32-28)27(30)6-3-21-12-17-33(20-22(21)4-8-29(34)35)16-2-18-37-24-9-13-31-14-10-24/h5,7,9-11,13-15,19,21-22,27H,2-4,6,8,12,16-18,20H2,1H3,(H,34,35)/t21-,22+,27?/m1/s1. The lowest BCUT2D eigenvalue weighted by Gasteiger charge is -2.39. The van der Waals surface area contributed by atoms with E-state index in [2.05, 4.69) is 14.9 Å². The number of hydrogen-bond donors (Lipinski definition) is 1. The van der Waals surface area contributed by atoms with E-state index in [0.717, 1.165) is 55.6 Å². The average molecular weight is 526 g/mol. The quantitative estimate of drug-likeness (QED) is 0.204. The molecule has 1 aliphatic rings. The summed E-state index contributed by atoms with van der Waals surface area (Å²) >= 11 is 1.84. The Bertz CT molecular complexity index is 1150. The Morgan fingerprint density at radius 1 is 1.19 bits per heavy atom. The number of piperidine rings is 1. The molecule has 0 radical (unpaired) electrons. The van der Waals surface area contributed by atoms with Crippen molar-refractivity contribution in [1.82, 2.24) is 14.9 Å². The van der Waals surface area contributed by atoms with Gasteiger partial charge in [-0.3, -0.25) is 14.8 Å². The molecule has 3 heterocycles. The molecule has 1 aromatic carbocycles. The van der Waals surface area contributed by atoms with Crippen LogP contribution in [0.2, 0.25) is 0 Å². The third-order valence-corrected chi connectivity index (χ3v) is 8.45. The molecule has 8 heteroatoms. The van der Waals surface area contributed by atoms with Gasteiger partial charge in [-0.15, -0.1) is 11.8 Å². The number of carboxylic acid groups (broad SMARTS) is 1. The molecular formula is C29H36FN3O3S. The Morgan fingerprint density at radius 3 is 2.81 bits per heavy atom. The number of likely N-dealkylation sites (tertiary alicyclic amines) is 1. The summed E-state index contributed by atoms with van der Waals surface area (Å²) in [6.07, 6.45) is 8.26. The van der Waals surface area contributed by atoms with Crippen molar-refractivity contribution in [1.29, 1.82) is 0 Å². The second-order valence-corrected chi connectivity index (χ2v) is 10.9. The van der Waals surface area contributed by atoms with Crippen LogP contribution in [-0.2, 0) is 4.79 Å². The average Bonchev–Trinajstić information content (AvgIpc) is 2.93. The first kappa shape index (κ1) is 27.3. The van der Waals surface area contributed by atoms with Crippen LogP contribution in [0.15, 0.2) is 59.9 Å². The summed E-state index contributed by atoms with van der Waals surface area (Å²) in [4.78, 5) is 23.4. The fraction of sp³-hybridized carbons (Fsp3) is 0.483. The molecule has 1 aliphatic heterocycles. The highest BCUT2D eigenvalue weighted by Crippen LogP contribution is 2.36. The molecule has 3 atom stereocenters. The number of aliphatic carboxylic acids is 1. The highest BCUT2D eigenvalue weighted by Gasteiger charge is 2.30. The van der Waals surface area contributed by atoms with E-state index in [1.807, 2.05) is 54.5 Å². The Kier molecular flexibility index (Phi) is 10.1. The molecule has 1 N–H and O–H groups in total. The van der Waals surface area contributed by atoms with Crippen LogP contribution >= 0.6 is 11.8 Å². The van der Waals surface area contributed by atoms with Crippen LogP contribution in [0.25, 0.3) is 10.9 Å². The van der Waals surface area contributed by atoms with Crippen LogP contribution < -0.4 is 4.74 Å². The summed E-state index contributed by atoms with van der Waals surface area (Å²) < 4.78 is 20.9. The number of thioether (sulfide) groups is 1. The number of alkyl halides is 1. The Labute approximate surface area is 222 Å². The number of benzene rings is 1. The summed E-state index contributed by atoms with van der Waals surface area (Å²) in [5.41, 5.74) is 1.41. The van der Waals surface area contributed by atoms with Gasteiger partial charge in [0.1, 0.15) is 11.9 Å². The number of rotatable bonds is 13. The van der Waals surface area contributed by atoms with E-state index in [1.165, 1.54) is 4.90 Å². The molecule has 6 nitrogen and oxygen atoms in total. The SMILES string of the molecule is COc1ccc2nccc(C(F)CC[C@@H]3CCN(CCCSc4ccncc4)C[C@@H]3CCC(=O)O)c2c1. The van der Waals surface area contributed by atoms with Crippen LogP contribution in [0.1, 0.15) is 50.3 Å². The number of carbonyl (C=O) groups is 1. The van der Waals surface area contributed by atoms with Crippen LogP contribution in [0, 0.1) is 11.8 Å². The van der Waals surface area contributed by atoms with E-state index in [9.17, 15) is 9.90 Å². The maximum Gasteiger partial charge on any atom is 0.303 e. The Morgan fingerprint density at radius 2 is 2.03 bits per heavy atom. The lowest BCUT2D eigenvalue weighted by Crippen LogP contribution is -2.41. The van der Waals surface area contributed by atoms with Gasteiger partial charge < -0.3 is 14.7 Å². The third-order valence-electron chi connectivity index (χ3n) is 7.35. The Balaban J connectivity index is 1.32. The fourth-order valence-corrected chi connectivity index (χ4v) is 6.17. The van der Waals surface area contributed by atoms with E-state index in [-0.39, 0.29) is 12.3 Å². The van der Waals surface area contributed by atoms with Crippen molar-refractivity contribution >= 4 is 28.6 Å². The van der Waals surface area contributed by atoms with E-state index >= 15 is 4.39 Å². The topological polar surface area (TPSA) is 75.5 Å². The van der Waals surface area contributed by atoms with Crippen LogP contribution in [-0.4, -0.2) is 58.4 Å². The minimum atomic E-state index is -1.10. The van der Waals surface area contributed by atoms with E-state index in [4.69, 9.17) is 4.74 Å².